The first-order valence-electron chi connectivity index (χ1n) is 5.49. The standard InChI is InChI=1S/C12H19ClN2/c1-3-5-11(13)8-14-9-12-7-4-6-10(2)15-12/h4,6-7,11,14H,3,5,8-9H2,1-2H3. The van der Waals surface area contributed by atoms with E-state index in [1.165, 1.54) is 0 Å². The number of rotatable bonds is 6. The van der Waals surface area contributed by atoms with Gasteiger partial charge in [-0.25, -0.2) is 0 Å². The fourth-order valence-corrected chi connectivity index (χ4v) is 1.80. The van der Waals surface area contributed by atoms with Gasteiger partial charge in [0, 0.05) is 24.2 Å². The van der Waals surface area contributed by atoms with E-state index in [2.05, 4.69) is 17.2 Å². The Labute approximate surface area is 97.1 Å². The number of pyridine rings is 1. The van der Waals surface area contributed by atoms with E-state index in [0.29, 0.717) is 0 Å². The summed E-state index contributed by atoms with van der Waals surface area (Å²) >= 11 is 6.10. The molecule has 0 aliphatic carbocycles. The van der Waals surface area contributed by atoms with E-state index in [1.54, 1.807) is 0 Å². The summed E-state index contributed by atoms with van der Waals surface area (Å²) in [5.74, 6) is 0. The van der Waals surface area contributed by atoms with E-state index in [4.69, 9.17) is 11.6 Å². The van der Waals surface area contributed by atoms with Crippen molar-refractivity contribution in [2.75, 3.05) is 6.54 Å². The van der Waals surface area contributed by atoms with Gasteiger partial charge in [0.1, 0.15) is 0 Å². The third-order valence-electron chi connectivity index (χ3n) is 2.22. The minimum absolute atomic E-state index is 0.236. The molecule has 1 unspecified atom stereocenters. The van der Waals surface area contributed by atoms with Crippen LogP contribution in [0.25, 0.3) is 0 Å². The molecule has 0 aromatic carbocycles. The number of alkyl halides is 1. The Kier molecular flexibility index (Phi) is 5.66. The predicted molar refractivity (Wildman–Crippen MR) is 65.2 cm³/mol. The van der Waals surface area contributed by atoms with Crippen molar-refractivity contribution >= 4 is 11.6 Å². The molecule has 0 spiro atoms. The van der Waals surface area contributed by atoms with Gasteiger partial charge < -0.3 is 5.32 Å². The maximum atomic E-state index is 6.10. The lowest BCUT2D eigenvalue weighted by Crippen LogP contribution is -2.23. The lowest BCUT2D eigenvalue weighted by Gasteiger charge is -2.09. The smallest absolute Gasteiger partial charge is 0.0544 e. The molecule has 3 heteroatoms. The van der Waals surface area contributed by atoms with Gasteiger partial charge in [-0.05, 0) is 25.5 Å². The van der Waals surface area contributed by atoms with Gasteiger partial charge in [-0.1, -0.05) is 19.4 Å². The van der Waals surface area contributed by atoms with Crippen LogP contribution in [0.15, 0.2) is 18.2 Å². The first-order chi connectivity index (χ1) is 7.22. The first-order valence-corrected chi connectivity index (χ1v) is 5.93. The topological polar surface area (TPSA) is 24.9 Å². The van der Waals surface area contributed by atoms with Crippen LogP contribution < -0.4 is 5.32 Å². The van der Waals surface area contributed by atoms with Crippen LogP contribution in [-0.4, -0.2) is 16.9 Å². The molecule has 0 fully saturated rings. The summed E-state index contributed by atoms with van der Waals surface area (Å²) in [4.78, 5) is 4.41. The Morgan fingerprint density at radius 1 is 1.47 bits per heavy atom. The summed E-state index contributed by atoms with van der Waals surface area (Å²) in [5.41, 5.74) is 2.14. The molecule has 0 amide bonds. The molecule has 1 atom stereocenters. The highest BCUT2D eigenvalue weighted by Crippen LogP contribution is 2.04. The van der Waals surface area contributed by atoms with Crippen molar-refractivity contribution in [2.24, 2.45) is 0 Å². The molecular formula is C12H19ClN2. The summed E-state index contributed by atoms with van der Waals surface area (Å²) in [6, 6.07) is 6.07. The number of hydrogen-bond donors (Lipinski definition) is 1. The zero-order chi connectivity index (χ0) is 11.1. The minimum atomic E-state index is 0.236. The Hall–Kier alpha value is -0.600. The molecule has 84 valence electrons. The Bertz CT molecular complexity index is 289. The largest absolute Gasteiger partial charge is 0.310 e. The van der Waals surface area contributed by atoms with Crippen molar-refractivity contribution in [1.29, 1.82) is 0 Å². The van der Waals surface area contributed by atoms with E-state index in [9.17, 15) is 0 Å². The fourth-order valence-electron chi connectivity index (χ4n) is 1.47. The van der Waals surface area contributed by atoms with Gasteiger partial charge in [0.2, 0.25) is 0 Å². The van der Waals surface area contributed by atoms with Crippen LogP contribution in [0.4, 0.5) is 0 Å². The molecule has 0 bridgehead atoms. The van der Waals surface area contributed by atoms with Crippen LogP contribution in [0.5, 0.6) is 0 Å². The van der Waals surface area contributed by atoms with Crippen LogP contribution in [-0.2, 0) is 6.54 Å². The molecular weight excluding hydrogens is 208 g/mol. The summed E-state index contributed by atoms with van der Waals surface area (Å²) in [6.45, 7) is 5.81. The van der Waals surface area contributed by atoms with Crippen molar-refractivity contribution in [3.05, 3.63) is 29.6 Å². The molecule has 1 aromatic rings. The number of aryl methyl sites for hydroxylation is 1. The highest BCUT2D eigenvalue weighted by molar-refractivity contribution is 6.20. The summed E-state index contributed by atoms with van der Waals surface area (Å²) in [7, 11) is 0. The molecule has 0 saturated carbocycles. The lowest BCUT2D eigenvalue weighted by atomic mass is 10.2. The average molecular weight is 227 g/mol. The Morgan fingerprint density at radius 3 is 2.93 bits per heavy atom. The van der Waals surface area contributed by atoms with Crippen LogP contribution in [0.3, 0.4) is 0 Å². The van der Waals surface area contributed by atoms with Gasteiger partial charge in [-0.15, -0.1) is 11.6 Å². The highest BCUT2D eigenvalue weighted by Gasteiger charge is 2.02. The zero-order valence-electron chi connectivity index (χ0n) is 9.46. The quantitative estimate of drug-likeness (QED) is 0.755. The number of aromatic nitrogens is 1. The molecule has 1 rings (SSSR count). The Morgan fingerprint density at radius 2 is 2.27 bits per heavy atom. The number of halogens is 1. The minimum Gasteiger partial charge on any atom is -0.310 e. The van der Waals surface area contributed by atoms with Crippen LogP contribution in [0.1, 0.15) is 31.2 Å². The molecule has 0 aliphatic rings. The van der Waals surface area contributed by atoms with E-state index < -0.39 is 0 Å². The van der Waals surface area contributed by atoms with E-state index in [0.717, 1.165) is 37.3 Å². The Balaban J connectivity index is 2.25. The normalized spacial score (nSPS) is 12.7. The van der Waals surface area contributed by atoms with Crippen LogP contribution in [0, 0.1) is 6.92 Å². The summed E-state index contributed by atoms with van der Waals surface area (Å²) in [5, 5.41) is 3.55. The highest BCUT2D eigenvalue weighted by atomic mass is 35.5. The third kappa shape index (κ3) is 5.14. The molecule has 0 radical (unpaired) electrons. The van der Waals surface area contributed by atoms with Crippen molar-refractivity contribution < 1.29 is 0 Å². The van der Waals surface area contributed by atoms with Crippen molar-refractivity contribution in [3.8, 4) is 0 Å². The first kappa shape index (κ1) is 12.5. The van der Waals surface area contributed by atoms with Crippen LogP contribution >= 0.6 is 11.6 Å². The maximum absolute atomic E-state index is 6.10. The molecule has 0 saturated heterocycles. The monoisotopic (exact) mass is 226 g/mol. The molecule has 1 heterocycles. The fraction of sp³-hybridized carbons (Fsp3) is 0.583. The molecule has 2 nitrogen and oxygen atoms in total. The predicted octanol–water partition coefficient (Wildman–Crippen LogP) is 2.89. The number of hydrogen-bond acceptors (Lipinski definition) is 2. The lowest BCUT2D eigenvalue weighted by molar-refractivity contribution is 0.616. The zero-order valence-corrected chi connectivity index (χ0v) is 10.2. The SMILES string of the molecule is CCCC(Cl)CNCc1cccc(C)n1. The third-order valence-corrected chi connectivity index (χ3v) is 2.59. The average Bonchev–Trinajstić information content (AvgIpc) is 2.18. The van der Waals surface area contributed by atoms with E-state index in [1.807, 2.05) is 25.1 Å². The summed E-state index contributed by atoms with van der Waals surface area (Å²) < 4.78 is 0. The summed E-state index contributed by atoms with van der Waals surface area (Å²) in [6.07, 6.45) is 2.20. The van der Waals surface area contributed by atoms with Crippen molar-refractivity contribution in [2.45, 2.75) is 38.6 Å². The second-order valence-corrected chi connectivity index (χ2v) is 4.40. The van der Waals surface area contributed by atoms with Crippen molar-refractivity contribution in [1.82, 2.24) is 10.3 Å². The van der Waals surface area contributed by atoms with Gasteiger partial charge >= 0.3 is 0 Å². The van der Waals surface area contributed by atoms with Gasteiger partial charge in [-0.2, -0.15) is 0 Å². The van der Waals surface area contributed by atoms with Crippen molar-refractivity contribution in [3.63, 3.8) is 0 Å². The molecule has 0 aliphatic heterocycles. The van der Waals surface area contributed by atoms with E-state index >= 15 is 0 Å². The van der Waals surface area contributed by atoms with E-state index in [-0.39, 0.29) is 5.38 Å². The molecule has 1 aromatic heterocycles. The number of nitrogens with one attached hydrogen (secondary N) is 1. The van der Waals surface area contributed by atoms with Gasteiger partial charge in [0.15, 0.2) is 0 Å². The van der Waals surface area contributed by atoms with Gasteiger partial charge in [-0.3, -0.25) is 4.98 Å². The second kappa shape index (κ2) is 6.81. The molecule has 1 N–H and O–H groups in total. The number of nitrogens with zero attached hydrogens (tertiary/aromatic N) is 1. The molecule has 15 heavy (non-hydrogen) atoms. The van der Waals surface area contributed by atoms with Gasteiger partial charge in [0.05, 0.1) is 5.69 Å². The maximum Gasteiger partial charge on any atom is 0.0544 e. The van der Waals surface area contributed by atoms with Crippen LogP contribution in [0.2, 0.25) is 0 Å². The van der Waals surface area contributed by atoms with Gasteiger partial charge in [0.25, 0.3) is 0 Å². The second-order valence-electron chi connectivity index (χ2n) is 3.79.